The van der Waals surface area contributed by atoms with Crippen molar-refractivity contribution in [2.75, 3.05) is 6.61 Å². The highest BCUT2D eigenvalue weighted by Crippen LogP contribution is 2.19. The number of hydrogen-bond donors (Lipinski definition) is 0. The van der Waals surface area contributed by atoms with Gasteiger partial charge in [0, 0.05) is 6.61 Å². The van der Waals surface area contributed by atoms with Crippen LogP contribution in [0.5, 0.6) is 0 Å². The summed E-state index contributed by atoms with van der Waals surface area (Å²) in [5, 5.41) is 0. The molecular formula is C13H24O2. The van der Waals surface area contributed by atoms with E-state index in [1.807, 2.05) is 6.08 Å². The van der Waals surface area contributed by atoms with E-state index in [0.717, 1.165) is 32.3 Å². The molecule has 0 spiro atoms. The van der Waals surface area contributed by atoms with E-state index in [0.29, 0.717) is 6.10 Å². The van der Waals surface area contributed by atoms with Gasteiger partial charge in [0.1, 0.15) is 0 Å². The molecular weight excluding hydrogens is 188 g/mol. The Labute approximate surface area is 93.7 Å². The molecule has 1 heterocycles. The maximum atomic E-state index is 5.96. The second kappa shape index (κ2) is 7.89. The van der Waals surface area contributed by atoms with Crippen LogP contribution in [0.3, 0.4) is 0 Å². The van der Waals surface area contributed by atoms with E-state index in [1.165, 1.54) is 19.3 Å². The second-order valence-electron chi connectivity index (χ2n) is 4.21. The van der Waals surface area contributed by atoms with Crippen molar-refractivity contribution < 1.29 is 9.47 Å². The summed E-state index contributed by atoms with van der Waals surface area (Å²) in [7, 11) is 0. The van der Waals surface area contributed by atoms with Gasteiger partial charge in [-0.2, -0.15) is 0 Å². The zero-order valence-electron chi connectivity index (χ0n) is 9.91. The van der Waals surface area contributed by atoms with Crippen LogP contribution in [0.1, 0.15) is 51.9 Å². The predicted octanol–water partition coefficient (Wildman–Crippen LogP) is 3.66. The lowest BCUT2D eigenvalue weighted by Gasteiger charge is -2.27. The minimum Gasteiger partial charge on any atom is -0.353 e. The molecule has 0 radical (unpaired) electrons. The van der Waals surface area contributed by atoms with Crippen LogP contribution in [0.15, 0.2) is 12.7 Å². The summed E-state index contributed by atoms with van der Waals surface area (Å²) in [5.41, 5.74) is 0. The van der Waals surface area contributed by atoms with Gasteiger partial charge in [-0.05, 0) is 38.5 Å². The molecule has 2 unspecified atom stereocenters. The summed E-state index contributed by atoms with van der Waals surface area (Å²) in [6.07, 6.45) is 10.3. The van der Waals surface area contributed by atoms with E-state index in [-0.39, 0.29) is 6.29 Å². The van der Waals surface area contributed by atoms with Crippen LogP contribution in [0.25, 0.3) is 0 Å². The van der Waals surface area contributed by atoms with Crippen molar-refractivity contribution in [1.82, 2.24) is 0 Å². The maximum absolute atomic E-state index is 5.96. The lowest BCUT2D eigenvalue weighted by molar-refractivity contribution is -0.190. The van der Waals surface area contributed by atoms with E-state index in [1.54, 1.807) is 0 Å². The summed E-state index contributed by atoms with van der Waals surface area (Å²) in [5.74, 6) is 0. The van der Waals surface area contributed by atoms with Crippen LogP contribution in [-0.4, -0.2) is 19.0 Å². The van der Waals surface area contributed by atoms with Crippen molar-refractivity contribution >= 4 is 0 Å². The highest BCUT2D eigenvalue weighted by molar-refractivity contribution is 4.70. The van der Waals surface area contributed by atoms with Crippen LogP contribution in [0.4, 0.5) is 0 Å². The van der Waals surface area contributed by atoms with E-state index in [4.69, 9.17) is 9.47 Å². The third kappa shape index (κ3) is 5.33. The Morgan fingerprint density at radius 1 is 1.47 bits per heavy atom. The van der Waals surface area contributed by atoms with Gasteiger partial charge in [0.05, 0.1) is 6.10 Å². The molecule has 2 atom stereocenters. The van der Waals surface area contributed by atoms with Gasteiger partial charge in [0.2, 0.25) is 0 Å². The van der Waals surface area contributed by atoms with Crippen LogP contribution in [0, 0.1) is 0 Å². The zero-order chi connectivity index (χ0) is 10.9. The van der Waals surface area contributed by atoms with Crippen LogP contribution in [0.2, 0.25) is 0 Å². The van der Waals surface area contributed by atoms with Gasteiger partial charge in [-0.1, -0.05) is 19.4 Å². The van der Waals surface area contributed by atoms with Crippen molar-refractivity contribution in [2.45, 2.75) is 64.3 Å². The molecule has 0 amide bonds. The molecule has 1 rings (SSSR count). The molecule has 0 aromatic carbocycles. The first kappa shape index (κ1) is 12.7. The topological polar surface area (TPSA) is 18.5 Å². The molecule has 1 aliphatic heterocycles. The molecule has 88 valence electrons. The summed E-state index contributed by atoms with van der Waals surface area (Å²) in [4.78, 5) is 0. The highest BCUT2D eigenvalue weighted by atomic mass is 16.7. The largest absolute Gasteiger partial charge is 0.353 e. The van der Waals surface area contributed by atoms with E-state index in [2.05, 4.69) is 13.5 Å². The predicted molar refractivity (Wildman–Crippen MR) is 62.8 cm³/mol. The van der Waals surface area contributed by atoms with E-state index >= 15 is 0 Å². The fourth-order valence-electron chi connectivity index (χ4n) is 1.94. The Kier molecular flexibility index (Phi) is 6.69. The average molecular weight is 212 g/mol. The Hall–Kier alpha value is -0.340. The summed E-state index contributed by atoms with van der Waals surface area (Å²) < 4.78 is 11.6. The number of ether oxygens (including phenoxy) is 2. The number of rotatable bonds is 7. The normalized spacial score (nSPS) is 23.7. The van der Waals surface area contributed by atoms with E-state index in [9.17, 15) is 0 Å². The van der Waals surface area contributed by atoms with Crippen LogP contribution < -0.4 is 0 Å². The number of allylic oxidation sites excluding steroid dienone is 1. The van der Waals surface area contributed by atoms with Crippen LogP contribution >= 0.6 is 0 Å². The maximum Gasteiger partial charge on any atom is 0.157 e. The van der Waals surface area contributed by atoms with Crippen molar-refractivity contribution in [1.29, 1.82) is 0 Å². The van der Waals surface area contributed by atoms with Gasteiger partial charge in [0.25, 0.3) is 0 Å². The van der Waals surface area contributed by atoms with Gasteiger partial charge in [0.15, 0.2) is 6.29 Å². The molecule has 1 aliphatic rings. The molecule has 2 heteroatoms. The fraction of sp³-hybridized carbons (Fsp3) is 0.846. The average Bonchev–Trinajstić information content (AvgIpc) is 2.28. The quantitative estimate of drug-likeness (QED) is 0.599. The molecule has 0 aromatic rings. The molecule has 1 saturated heterocycles. The molecule has 0 N–H and O–H groups in total. The minimum atomic E-state index is 0.0557. The third-order valence-electron chi connectivity index (χ3n) is 2.79. The standard InChI is InChI=1S/C13H24O2/c1-3-5-9-12(8-4-2)15-13-10-6-7-11-14-13/h3,12-13H,1,4-11H2,2H3. The van der Waals surface area contributed by atoms with Crippen molar-refractivity contribution in [3.63, 3.8) is 0 Å². The highest BCUT2D eigenvalue weighted by Gasteiger charge is 2.18. The molecule has 0 saturated carbocycles. The Balaban J connectivity index is 2.24. The molecule has 2 nitrogen and oxygen atoms in total. The van der Waals surface area contributed by atoms with Gasteiger partial charge in [-0.3, -0.25) is 0 Å². The van der Waals surface area contributed by atoms with Gasteiger partial charge < -0.3 is 9.47 Å². The van der Waals surface area contributed by atoms with Crippen LogP contribution in [-0.2, 0) is 9.47 Å². The molecule has 1 fully saturated rings. The van der Waals surface area contributed by atoms with Gasteiger partial charge in [-0.15, -0.1) is 6.58 Å². The lowest BCUT2D eigenvalue weighted by Crippen LogP contribution is -2.27. The van der Waals surface area contributed by atoms with E-state index < -0.39 is 0 Å². The second-order valence-corrected chi connectivity index (χ2v) is 4.21. The van der Waals surface area contributed by atoms with Gasteiger partial charge >= 0.3 is 0 Å². The van der Waals surface area contributed by atoms with Crippen molar-refractivity contribution in [3.05, 3.63) is 12.7 Å². The Morgan fingerprint density at radius 3 is 2.93 bits per heavy atom. The first-order valence-corrected chi connectivity index (χ1v) is 6.24. The third-order valence-corrected chi connectivity index (χ3v) is 2.79. The van der Waals surface area contributed by atoms with Gasteiger partial charge in [-0.25, -0.2) is 0 Å². The first-order valence-electron chi connectivity index (χ1n) is 6.24. The summed E-state index contributed by atoms with van der Waals surface area (Å²) in [6, 6.07) is 0. The van der Waals surface area contributed by atoms with Crippen molar-refractivity contribution in [3.8, 4) is 0 Å². The Bertz CT molecular complexity index is 162. The fourth-order valence-corrected chi connectivity index (χ4v) is 1.94. The molecule has 0 bridgehead atoms. The monoisotopic (exact) mass is 212 g/mol. The molecule has 0 aromatic heterocycles. The summed E-state index contributed by atoms with van der Waals surface area (Å²) >= 11 is 0. The lowest BCUT2D eigenvalue weighted by atomic mass is 10.1. The minimum absolute atomic E-state index is 0.0557. The Morgan fingerprint density at radius 2 is 2.33 bits per heavy atom. The molecule has 15 heavy (non-hydrogen) atoms. The molecule has 0 aliphatic carbocycles. The van der Waals surface area contributed by atoms with Crippen molar-refractivity contribution in [2.24, 2.45) is 0 Å². The number of hydrogen-bond acceptors (Lipinski definition) is 2. The zero-order valence-corrected chi connectivity index (χ0v) is 9.91. The SMILES string of the molecule is C=CCCC(CCC)OC1CCCCO1. The summed E-state index contributed by atoms with van der Waals surface area (Å²) in [6.45, 7) is 6.82. The first-order chi connectivity index (χ1) is 7.36. The smallest absolute Gasteiger partial charge is 0.157 e.